The molecular formula is C17H24NO2. The van der Waals surface area contributed by atoms with Crippen LogP contribution >= 0.6 is 0 Å². The molecule has 1 saturated carbocycles. The van der Waals surface area contributed by atoms with Crippen LogP contribution in [0.2, 0.25) is 0 Å². The Kier molecular flexibility index (Phi) is 5.60. The van der Waals surface area contributed by atoms with Crippen LogP contribution in [0.5, 0.6) is 0 Å². The Morgan fingerprint density at radius 3 is 2.50 bits per heavy atom. The van der Waals surface area contributed by atoms with Crippen LogP contribution in [0.15, 0.2) is 30.3 Å². The summed E-state index contributed by atoms with van der Waals surface area (Å²) in [5, 5.41) is 0. The van der Waals surface area contributed by atoms with Crippen LogP contribution in [-0.4, -0.2) is 19.1 Å². The van der Waals surface area contributed by atoms with E-state index in [4.69, 9.17) is 10.5 Å². The van der Waals surface area contributed by atoms with E-state index in [0.717, 1.165) is 38.5 Å². The lowest BCUT2D eigenvalue weighted by atomic mass is 9.74. The first-order valence-corrected chi connectivity index (χ1v) is 7.63. The Labute approximate surface area is 121 Å². The first-order valence-electron chi connectivity index (χ1n) is 7.63. The number of ether oxygens (including phenoxy) is 1. The third-order valence-corrected chi connectivity index (χ3v) is 4.27. The van der Waals surface area contributed by atoms with Crippen molar-refractivity contribution in [2.45, 2.75) is 44.9 Å². The topological polar surface area (TPSA) is 50.1 Å². The average molecular weight is 274 g/mol. The standard InChI is InChI=1S/C17H24NO2/c18-14-17(11-5-2-6-12-17)16(19)20-13-7-10-15-8-3-1-4-9-15/h1,3-4,8-9,18H,2,5-7,10-14H2. The zero-order valence-electron chi connectivity index (χ0n) is 12.1. The predicted octanol–water partition coefficient (Wildman–Crippen LogP) is 3.40. The average Bonchev–Trinajstić information content (AvgIpc) is 2.53. The fourth-order valence-electron chi connectivity index (χ4n) is 2.92. The molecule has 0 bridgehead atoms. The van der Waals surface area contributed by atoms with Gasteiger partial charge in [0.2, 0.25) is 0 Å². The zero-order valence-corrected chi connectivity index (χ0v) is 12.1. The molecule has 0 unspecified atom stereocenters. The van der Waals surface area contributed by atoms with Gasteiger partial charge in [-0.05, 0) is 31.2 Å². The highest BCUT2D eigenvalue weighted by molar-refractivity contribution is 5.77. The Hall–Kier alpha value is -1.35. The van der Waals surface area contributed by atoms with Crippen molar-refractivity contribution in [1.82, 2.24) is 5.73 Å². The Morgan fingerprint density at radius 1 is 1.15 bits per heavy atom. The molecular weight excluding hydrogens is 250 g/mol. The number of nitrogens with one attached hydrogen (secondary N) is 1. The normalized spacial score (nSPS) is 17.6. The van der Waals surface area contributed by atoms with Gasteiger partial charge in [0, 0.05) is 6.54 Å². The molecule has 0 heterocycles. The Balaban J connectivity index is 1.74. The maximum Gasteiger partial charge on any atom is 0.313 e. The number of carbonyl (C=O) groups excluding carboxylic acids is 1. The molecule has 20 heavy (non-hydrogen) atoms. The number of aryl methyl sites for hydroxylation is 1. The molecule has 1 aromatic carbocycles. The molecule has 0 amide bonds. The lowest BCUT2D eigenvalue weighted by Gasteiger charge is -2.33. The molecule has 1 aromatic rings. The summed E-state index contributed by atoms with van der Waals surface area (Å²) in [6.07, 6.45) is 6.73. The van der Waals surface area contributed by atoms with Gasteiger partial charge in [0.15, 0.2) is 0 Å². The molecule has 0 aromatic heterocycles. The van der Waals surface area contributed by atoms with Gasteiger partial charge in [-0.15, -0.1) is 0 Å². The molecule has 1 N–H and O–H groups in total. The second kappa shape index (κ2) is 7.44. The number of esters is 1. The van der Waals surface area contributed by atoms with E-state index < -0.39 is 5.41 Å². The number of rotatable bonds is 6. The highest BCUT2D eigenvalue weighted by atomic mass is 16.5. The fourth-order valence-corrected chi connectivity index (χ4v) is 2.92. The minimum Gasteiger partial charge on any atom is -0.465 e. The molecule has 0 atom stereocenters. The van der Waals surface area contributed by atoms with E-state index in [1.54, 1.807) is 0 Å². The quantitative estimate of drug-likeness (QED) is 0.589. The SMILES string of the molecule is [NH]CC1(C(=O)OCCCc2ccccc2)CCCCC1. The van der Waals surface area contributed by atoms with Crippen molar-refractivity contribution in [2.24, 2.45) is 5.41 Å². The van der Waals surface area contributed by atoms with E-state index in [1.165, 1.54) is 12.0 Å². The van der Waals surface area contributed by atoms with E-state index in [1.807, 2.05) is 18.2 Å². The van der Waals surface area contributed by atoms with Crippen molar-refractivity contribution >= 4 is 5.97 Å². The zero-order chi connectivity index (χ0) is 14.3. The van der Waals surface area contributed by atoms with Gasteiger partial charge in [0.1, 0.15) is 0 Å². The van der Waals surface area contributed by atoms with Crippen molar-refractivity contribution in [3.05, 3.63) is 35.9 Å². The van der Waals surface area contributed by atoms with Gasteiger partial charge in [-0.25, -0.2) is 0 Å². The fraction of sp³-hybridized carbons (Fsp3) is 0.588. The van der Waals surface area contributed by atoms with Crippen LogP contribution in [0.4, 0.5) is 0 Å². The Morgan fingerprint density at radius 2 is 1.85 bits per heavy atom. The Bertz CT molecular complexity index is 410. The first-order chi connectivity index (χ1) is 9.77. The van der Waals surface area contributed by atoms with E-state index in [-0.39, 0.29) is 12.5 Å². The van der Waals surface area contributed by atoms with Gasteiger partial charge in [-0.3, -0.25) is 10.5 Å². The highest BCUT2D eigenvalue weighted by Gasteiger charge is 2.39. The molecule has 2 rings (SSSR count). The van der Waals surface area contributed by atoms with Gasteiger partial charge >= 0.3 is 5.97 Å². The molecule has 1 fully saturated rings. The van der Waals surface area contributed by atoms with Crippen LogP contribution in [0.1, 0.15) is 44.1 Å². The molecule has 1 aliphatic carbocycles. The monoisotopic (exact) mass is 274 g/mol. The maximum absolute atomic E-state index is 12.2. The van der Waals surface area contributed by atoms with Crippen LogP contribution in [-0.2, 0) is 16.0 Å². The predicted molar refractivity (Wildman–Crippen MR) is 79.2 cm³/mol. The molecule has 0 saturated heterocycles. The van der Waals surface area contributed by atoms with Gasteiger partial charge in [-0.2, -0.15) is 0 Å². The van der Waals surface area contributed by atoms with Crippen molar-refractivity contribution < 1.29 is 9.53 Å². The van der Waals surface area contributed by atoms with Crippen LogP contribution in [0.3, 0.4) is 0 Å². The summed E-state index contributed by atoms with van der Waals surface area (Å²) in [4.78, 5) is 12.2. The summed E-state index contributed by atoms with van der Waals surface area (Å²) in [6, 6.07) is 10.2. The molecule has 1 aliphatic rings. The largest absolute Gasteiger partial charge is 0.465 e. The second-order valence-corrected chi connectivity index (χ2v) is 5.74. The van der Waals surface area contributed by atoms with Crippen molar-refractivity contribution in [1.29, 1.82) is 0 Å². The van der Waals surface area contributed by atoms with E-state index in [9.17, 15) is 4.79 Å². The van der Waals surface area contributed by atoms with E-state index in [0.29, 0.717) is 6.61 Å². The maximum atomic E-state index is 12.2. The first kappa shape index (κ1) is 15.0. The van der Waals surface area contributed by atoms with Crippen molar-refractivity contribution in [3.8, 4) is 0 Å². The summed E-state index contributed by atoms with van der Waals surface area (Å²) < 4.78 is 5.44. The van der Waals surface area contributed by atoms with Crippen molar-refractivity contribution in [2.75, 3.05) is 13.2 Å². The van der Waals surface area contributed by atoms with Gasteiger partial charge in [0.25, 0.3) is 0 Å². The number of benzene rings is 1. The second-order valence-electron chi connectivity index (χ2n) is 5.74. The molecule has 109 valence electrons. The van der Waals surface area contributed by atoms with Crippen LogP contribution in [0, 0.1) is 5.41 Å². The highest BCUT2D eigenvalue weighted by Crippen LogP contribution is 2.36. The molecule has 0 aliphatic heterocycles. The van der Waals surface area contributed by atoms with Gasteiger partial charge < -0.3 is 4.74 Å². The van der Waals surface area contributed by atoms with E-state index in [2.05, 4.69) is 12.1 Å². The van der Waals surface area contributed by atoms with E-state index >= 15 is 0 Å². The molecule has 0 spiro atoms. The molecule has 3 nitrogen and oxygen atoms in total. The number of hydrogen-bond donors (Lipinski definition) is 0. The minimum atomic E-state index is -0.509. The summed E-state index contributed by atoms with van der Waals surface area (Å²) in [6.45, 7) is 0.639. The lowest BCUT2D eigenvalue weighted by molar-refractivity contribution is -0.157. The summed E-state index contributed by atoms with van der Waals surface area (Å²) >= 11 is 0. The van der Waals surface area contributed by atoms with Crippen LogP contribution < -0.4 is 5.73 Å². The third kappa shape index (κ3) is 3.83. The number of hydrogen-bond acceptors (Lipinski definition) is 2. The molecule has 1 radical (unpaired) electrons. The lowest BCUT2D eigenvalue weighted by Crippen LogP contribution is -2.39. The summed E-state index contributed by atoms with van der Waals surface area (Å²) in [7, 11) is 0. The minimum absolute atomic E-state index is 0.139. The van der Waals surface area contributed by atoms with Gasteiger partial charge in [-0.1, -0.05) is 49.6 Å². The summed E-state index contributed by atoms with van der Waals surface area (Å²) in [5.74, 6) is -0.139. The number of carbonyl (C=O) groups is 1. The van der Waals surface area contributed by atoms with Crippen molar-refractivity contribution in [3.63, 3.8) is 0 Å². The van der Waals surface area contributed by atoms with Crippen LogP contribution in [0.25, 0.3) is 0 Å². The third-order valence-electron chi connectivity index (χ3n) is 4.27. The molecule has 3 heteroatoms. The summed E-state index contributed by atoms with van der Waals surface area (Å²) in [5.41, 5.74) is 8.46. The van der Waals surface area contributed by atoms with Gasteiger partial charge in [0.05, 0.1) is 12.0 Å². The smallest absolute Gasteiger partial charge is 0.313 e.